The molecule has 2 aromatic rings. The number of aliphatic hydroxyl groups is 1. The van der Waals surface area contributed by atoms with Crippen LogP contribution in [0.3, 0.4) is 0 Å². The summed E-state index contributed by atoms with van der Waals surface area (Å²) in [5, 5.41) is 13.7. The molecule has 0 amide bonds. The highest BCUT2D eigenvalue weighted by molar-refractivity contribution is 5.68. The van der Waals surface area contributed by atoms with Crippen LogP contribution in [0.4, 0.5) is 5.82 Å². The number of hydrogen-bond acceptors (Lipinski definition) is 4. The molecule has 5 nitrogen and oxygen atoms in total. The molecule has 0 aliphatic rings. The minimum atomic E-state index is -0.379. The van der Waals surface area contributed by atoms with E-state index in [2.05, 4.69) is 10.1 Å². The number of likely N-dealkylation sites (N-methyl/N-ethyl adjacent to an activating group) is 1. The fourth-order valence-corrected chi connectivity index (χ4v) is 1.81. The number of aliphatic hydroxyl groups excluding tert-OH is 1. The molecule has 0 bridgehead atoms. The first-order valence-corrected chi connectivity index (χ1v) is 5.28. The molecule has 86 valence electrons. The Morgan fingerprint density at radius 1 is 1.56 bits per heavy atom. The average molecular weight is 220 g/mol. The second kappa shape index (κ2) is 4.09. The van der Waals surface area contributed by atoms with Crippen molar-refractivity contribution in [3.63, 3.8) is 0 Å². The molecular formula is C11H16N4O. The molecule has 2 rings (SSSR count). The van der Waals surface area contributed by atoms with Crippen LogP contribution >= 0.6 is 0 Å². The zero-order valence-corrected chi connectivity index (χ0v) is 9.75. The summed E-state index contributed by atoms with van der Waals surface area (Å²) < 4.78 is 1.80. The maximum Gasteiger partial charge on any atom is 0.154 e. The first kappa shape index (κ1) is 10.9. The second-order valence-electron chi connectivity index (χ2n) is 4.10. The van der Waals surface area contributed by atoms with Crippen LogP contribution in [0, 0.1) is 6.92 Å². The SMILES string of the molecule is Cc1cc2c(N(C)CC(C)O)nccn2n1. The van der Waals surface area contributed by atoms with Gasteiger partial charge in [-0.2, -0.15) is 5.10 Å². The zero-order chi connectivity index (χ0) is 11.7. The number of aryl methyl sites for hydroxylation is 1. The standard InChI is InChI=1S/C11H16N4O/c1-8-6-10-11(14(3)7-9(2)16)12-4-5-15(10)13-8/h4-6,9,16H,7H2,1-3H3. The Labute approximate surface area is 94.3 Å². The summed E-state index contributed by atoms with van der Waals surface area (Å²) in [4.78, 5) is 6.26. The molecule has 2 heterocycles. The minimum Gasteiger partial charge on any atom is -0.392 e. The molecule has 0 saturated carbocycles. The van der Waals surface area contributed by atoms with Crippen LogP contribution in [0.1, 0.15) is 12.6 Å². The molecule has 0 spiro atoms. The predicted octanol–water partition coefficient (Wildman–Crippen LogP) is 0.855. The molecule has 0 aromatic carbocycles. The van der Waals surface area contributed by atoms with E-state index in [-0.39, 0.29) is 6.10 Å². The third-order valence-corrected chi connectivity index (χ3v) is 2.39. The fourth-order valence-electron chi connectivity index (χ4n) is 1.81. The van der Waals surface area contributed by atoms with E-state index in [0.29, 0.717) is 6.54 Å². The first-order chi connectivity index (χ1) is 7.58. The third-order valence-electron chi connectivity index (χ3n) is 2.39. The van der Waals surface area contributed by atoms with Crippen LogP contribution in [-0.2, 0) is 0 Å². The second-order valence-corrected chi connectivity index (χ2v) is 4.10. The molecule has 2 aromatic heterocycles. The van der Waals surface area contributed by atoms with Crippen LogP contribution in [0.15, 0.2) is 18.5 Å². The van der Waals surface area contributed by atoms with E-state index >= 15 is 0 Å². The lowest BCUT2D eigenvalue weighted by Gasteiger charge is -2.20. The van der Waals surface area contributed by atoms with Gasteiger partial charge in [-0.3, -0.25) is 0 Å². The Kier molecular flexibility index (Phi) is 2.78. The van der Waals surface area contributed by atoms with Gasteiger partial charge in [0.2, 0.25) is 0 Å². The van der Waals surface area contributed by atoms with E-state index in [0.717, 1.165) is 17.0 Å². The van der Waals surface area contributed by atoms with Gasteiger partial charge in [-0.25, -0.2) is 9.50 Å². The topological polar surface area (TPSA) is 53.7 Å². The molecule has 1 atom stereocenters. The van der Waals surface area contributed by atoms with E-state index in [1.54, 1.807) is 17.6 Å². The Bertz CT molecular complexity index is 492. The third kappa shape index (κ3) is 1.99. The van der Waals surface area contributed by atoms with Crippen molar-refractivity contribution < 1.29 is 5.11 Å². The van der Waals surface area contributed by atoms with Gasteiger partial charge >= 0.3 is 0 Å². The monoisotopic (exact) mass is 220 g/mol. The first-order valence-electron chi connectivity index (χ1n) is 5.28. The quantitative estimate of drug-likeness (QED) is 0.833. The van der Waals surface area contributed by atoms with Crippen LogP contribution in [-0.4, -0.2) is 39.4 Å². The van der Waals surface area contributed by atoms with Crippen molar-refractivity contribution in [3.05, 3.63) is 24.2 Å². The van der Waals surface area contributed by atoms with Gasteiger partial charge in [0.25, 0.3) is 0 Å². The van der Waals surface area contributed by atoms with Crippen molar-refractivity contribution in [2.75, 3.05) is 18.5 Å². The maximum atomic E-state index is 9.37. The molecule has 0 aliphatic carbocycles. The largest absolute Gasteiger partial charge is 0.392 e. The molecule has 0 saturated heterocycles. The molecule has 5 heteroatoms. The van der Waals surface area contributed by atoms with Crippen molar-refractivity contribution in [2.24, 2.45) is 0 Å². The molecule has 0 aliphatic heterocycles. The molecular weight excluding hydrogens is 204 g/mol. The Morgan fingerprint density at radius 2 is 2.31 bits per heavy atom. The van der Waals surface area contributed by atoms with E-state index in [1.807, 2.05) is 31.1 Å². The van der Waals surface area contributed by atoms with E-state index in [4.69, 9.17) is 0 Å². The Hall–Kier alpha value is -1.62. The summed E-state index contributed by atoms with van der Waals surface area (Å²) in [5.41, 5.74) is 1.92. The number of anilines is 1. The smallest absolute Gasteiger partial charge is 0.154 e. The molecule has 1 N–H and O–H groups in total. The van der Waals surface area contributed by atoms with Crippen LogP contribution in [0.5, 0.6) is 0 Å². The van der Waals surface area contributed by atoms with Crippen molar-refractivity contribution in [1.29, 1.82) is 0 Å². The summed E-state index contributed by atoms with van der Waals surface area (Å²) in [6.07, 6.45) is 3.16. The summed E-state index contributed by atoms with van der Waals surface area (Å²) in [5.74, 6) is 0.837. The van der Waals surface area contributed by atoms with Gasteiger partial charge in [0.1, 0.15) is 5.52 Å². The van der Waals surface area contributed by atoms with E-state index in [9.17, 15) is 5.11 Å². The number of aromatic nitrogens is 3. The van der Waals surface area contributed by atoms with Crippen molar-refractivity contribution in [3.8, 4) is 0 Å². The normalized spacial score (nSPS) is 13.0. The van der Waals surface area contributed by atoms with Crippen molar-refractivity contribution in [1.82, 2.24) is 14.6 Å². The lowest BCUT2D eigenvalue weighted by atomic mass is 10.3. The number of hydrogen-bond donors (Lipinski definition) is 1. The molecule has 1 unspecified atom stereocenters. The van der Waals surface area contributed by atoms with Gasteiger partial charge in [-0.05, 0) is 19.9 Å². The van der Waals surface area contributed by atoms with Crippen molar-refractivity contribution in [2.45, 2.75) is 20.0 Å². The molecule has 16 heavy (non-hydrogen) atoms. The predicted molar refractivity (Wildman–Crippen MR) is 62.7 cm³/mol. The van der Waals surface area contributed by atoms with Gasteiger partial charge < -0.3 is 10.0 Å². The number of rotatable bonds is 3. The highest BCUT2D eigenvalue weighted by Gasteiger charge is 2.11. The highest BCUT2D eigenvalue weighted by Crippen LogP contribution is 2.18. The highest BCUT2D eigenvalue weighted by atomic mass is 16.3. The van der Waals surface area contributed by atoms with Gasteiger partial charge in [0.15, 0.2) is 5.82 Å². The molecule has 0 radical (unpaired) electrons. The van der Waals surface area contributed by atoms with Crippen LogP contribution < -0.4 is 4.90 Å². The summed E-state index contributed by atoms with van der Waals surface area (Å²) in [7, 11) is 1.91. The van der Waals surface area contributed by atoms with Crippen molar-refractivity contribution >= 4 is 11.3 Å². The minimum absolute atomic E-state index is 0.379. The lowest BCUT2D eigenvalue weighted by Crippen LogP contribution is -2.28. The van der Waals surface area contributed by atoms with Crippen LogP contribution in [0.25, 0.3) is 5.52 Å². The fraction of sp³-hybridized carbons (Fsp3) is 0.455. The molecule has 0 fully saturated rings. The van der Waals surface area contributed by atoms with E-state index in [1.165, 1.54) is 0 Å². The van der Waals surface area contributed by atoms with Crippen LogP contribution in [0.2, 0.25) is 0 Å². The zero-order valence-electron chi connectivity index (χ0n) is 9.75. The average Bonchev–Trinajstić information content (AvgIpc) is 2.55. The summed E-state index contributed by atoms with van der Waals surface area (Å²) >= 11 is 0. The van der Waals surface area contributed by atoms with Gasteiger partial charge in [0, 0.05) is 26.0 Å². The number of fused-ring (bicyclic) bond motifs is 1. The van der Waals surface area contributed by atoms with Gasteiger partial charge in [-0.15, -0.1) is 0 Å². The Morgan fingerprint density at radius 3 is 3.00 bits per heavy atom. The lowest BCUT2D eigenvalue weighted by molar-refractivity contribution is 0.201. The summed E-state index contributed by atoms with van der Waals surface area (Å²) in [6, 6.07) is 1.99. The Balaban J connectivity index is 2.43. The van der Waals surface area contributed by atoms with E-state index < -0.39 is 0 Å². The number of nitrogens with zero attached hydrogens (tertiary/aromatic N) is 4. The van der Waals surface area contributed by atoms with Gasteiger partial charge in [0.05, 0.1) is 11.8 Å². The summed E-state index contributed by atoms with van der Waals surface area (Å²) in [6.45, 7) is 4.26. The van der Waals surface area contributed by atoms with Gasteiger partial charge in [-0.1, -0.05) is 0 Å². The maximum absolute atomic E-state index is 9.37.